The molecule has 0 bridgehead atoms. The van der Waals surface area contributed by atoms with Gasteiger partial charge in [0.15, 0.2) is 11.6 Å². The summed E-state index contributed by atoms with van der Waals surface area (Å²) in [7, 11) is 0. The first-order valence-electron chi connectivity index (χ1n) is 4.88. The Hall–Kier alpha value is -0.740. The molecule has 3 nitrogen and oxygen atoms in total. The number of piperidine rings is 1. The Kier molecular flexibility index (Phi) is 3.77. The van der Waals surface area contributed by atoms with E-state index in [1.165, 1.54) is 6.92 Å². The first kappa shape index (κ1) is 11.3. The summed E-state index contributed by atoms with van der Waals surface area (Å²) in [6.45, 7) is 1.71. The summed E-state index contributed by atoms with van der Waals surface area (Å²) in [4.78, 5) is 10.6. The predicted molar refractivity (Wildman–Crippen MR) is 53.5 cm³/mol. The Morgan fingerprint density at radius 3 is 3.00 bits per heavy atom. The molecule has 1 saturated heterocycles. The smallest absolute Gasteiger partial charge is 0.171 e. The predicted octanol–water partition coefficient (Wildman–Crippen LogP) is 0.898. The van der Waals surface area contributed by atoms with E-state index >= 15 is 0 Å². The third kappa shape index (κ3) is 3.98. The van der Waals surface area contributed by atoms with Gasteiger partial charge in [0.05, 0.1) is 0 Å². The molecule has 2 unspecified atom stereocenters. The maximum absolute atomic E-state index is 13.1. The topological polar surface area (TPSA) is 55.1 Å². The lowest BCUT2D eigenvalue weighted by atomic mass is 9.97. The average Bonchev–Trinajstić information content (AvgIpc) is 2.07. The SMILES string of the molecule is CC(=O)/C=C/CC1CCC(N)(F)CN1. The van der Waals surface area contributed by atoms with E-state index < -0.39 is 5.79 Å². The summed E-state index contributed by atoms with van der Waals surface area (Å²) in [5, 5.41) is 3.02. The quantitative estimate of drug-likeness (QED) is 0.525. The molecule has 1 fully saturated rings. The van der Waals surface area contributed by atoms with E-state index in [0.29, 0.717) is 6.42 Å². The van der Waals surface area contributed by atoms with Gasteiger partial charge in [-0.25, -0.2) is 4.39 Å². The number of carbonyl (C=O) groups excluding carboxylic acids is 1. The molecule has 3 N–H and O–H groups in total. The number of alkyl halides is 1. The number of allylic oxidation sites excluding steroid dienone is 1. The normalized spacial score (nSPS) is 33.5. The fraction of sp³-hybridized carbons (Fsp3) is 0.700. The highest BCUT2D eigenvalue weighted by Crippen LogP contribution is 2.19. The van der Waals surface area contributed by atoms with E-state index in [1.54, 1.807) is 6.08 Å². The van der Waals surface area contributed by atoms with Gasteiger partial charge in [-0.1, -0.05) is 6.08 Å². The minimum absolute atomic E-state index is 0.0412. The first-order valence-corrected chi connectivity index (χ1v) is 4.88. The summed E-state index contributed by atoms with van der Waals surface area (Å²) in [5.41, 5.74) is 5.32. The first-order chi connectivity index (χ1) is 6.49. The van der Waals surface area contributed by atoms with Crippen molar-refractivity contribution < 1.29 is 9.18 Å². The summed E-state index contributed by atoms with van der Waals surface area (Å²) in [6.07, 6.45) is 5.23. The van der Waals surface area contributed by atoms with Gasteiger partial charge in [0.25, 0.3) is 0 Å². The van der Waals surface area contributed by atoms with Gasteiger partial charge in [-0.05, 0) is 32.3 Å². The minimum Gasteiger partial charge on any atom is -0.309 e. The van der Waals surface area contributed by atoms with Crippen LogP contribution in [0.25, 0.3) is 0 Å². The van der Waals surface area contributed by atoms with E-state index in [2.05, 4.69) is 5.32 Å². The molecule has 1 aliphatic rings. The van der Waals surface area contributed by atoms with Gasteiger partial charge in [-0.3, -0.25) is 10.5 Å². The molecule has 1 heterocycles. The molecule has 2 atom stereocenters. The minimum atomic E-state index is -1.55. The molecule has 4 heteroatoms. The van der Waals surface area contributed by atoms with Crippen LogP contribution in [-0.4, -0.2) is 24.2 Å². The zero-order chi connectivity index (χ0) is 10.6. The lowest BCUT2D eigenvalue weighted by Gasteiger charge is -2.31. The van der Waals surface area contributed by atoms with Crippen LogP contribution in [0.3, 0.4) is 0 Å². The molecular formula is C10H17FN2O. The van der Waals surface area contributed by atoms with Crippen molar-refractivity contribution in [3.63, 3.8) is 0 Å². The molecule has 0 saturated carbocycles. The van der Waals surface area contributed by atoms with Crippen molar-refractivity contribution in [1.29, 1.82) is 0 Å². The number of carbonyl (C=O) groups is 1. The number of rotatable bonds is 3. The number of nitrogens with one attached hydrogen (secondary N) is 1. The lowest BCUT2D eigenvalue weighted by molar-refractivity contribution is -0.112. The van der Waals surface area contributed by atoms with E-state index in [0.717, 1.165) is 12.8 Å². The molecule has 80 valence electrons. The number of ketones is 1. The fourth-order valence-corrected chi connectivity index (χ4v) is 1.52. The Morgan fingerprint density at radius 2 is 2.50 bits per heavy atom. The molecule has 0 spiro atoms. The summed E-state index contributed by atoms with van der Waals surface area (Å²) >= 11 is 0. The second kappa shape index (κ2) is 4.66. The Morgan fingerprint density at radius 1 is 1.79 bits per heavy atom. The zero-order valence-electron chi connectivity index (χ0n) is 8.42. The summed E-state index contributed by atoms with van der Waals surface area (Å²) in [6, 6.07) is 0.248. The van der Waals surface area contributed by atoms with Crippen molar-refractivity contribution in [3.05, 3.63) is 12.2 Å². The van der Waals surface area contributed by atoms with Crippen LogP contribution in [0, 0.1) is 0 Å². The fourth-order valence-electron chi connectivity index (χ4n) is 1.52. The van der Waals surface area contributed by atoms with Crippen molar-refractivity contribution in [2.75, 3.05) is 6.54 Å². The van der Waals surface area contributed by atoms with Crippen LogP contribution in [0.5, 0.6) is 0 Å². The number of halogens is 1. The number of hydrogen-bond donors (Lipinski definition) is 2. The molecular weight excluding hydrogens is 183 g/mol. The Bertz CT molecular complexity index is 228. The van der Waals surface area contributed by atoms with Crippen LogP contribution >= 0.6 is 0 Å². The maximum atomic E-state index is 13.1. The highest BCUT2D eigenvalue weighted by molar-refractivity contribution is 5.87. The lowest BCUT2D eigenvalue weighted by Crippen LogP contribution is -2.52. The summed E-state index contributed by atoms with van der Waals surface area (Å²) in [5.74, 6) is -1.51. The number of nitrogens with two attached hydrogens (primary N) is 1. The van der Waals surface area contributed by atoms with Gasteiger partial charge in [-0.2, -0.15) is 0 Å². The van der Waals surface area contributed by atoms with Gasteiger partial charge >= 0.3 is 0 Å². The second-order valence-corrected chi connectivity index (χ2v) is 3.90. The monoisotopic (exact) mass is 200 g/mol. The van der Waals surface area contributed by atoms with Crippen LogP contribution in [0.1, 0.15) is 26.2 Å². The molecule has 0 aromatic carbocycles. The molecule has 0 aromatic heterocycles. The van der Waals surface area contributed by atoms with Crippen molar-refractivity contribution in [3.8, 4) is 0 Å². The molecule has 0 aromatic rings. The number of hydrogen-bond acceptors (Lipinski definition) is 3. The third-order valence-corrected chi connectivity index (χ3v) is 2.37. The zero-order valence-corrected chi connectivity index (χ0v) is 8.42. The Labute approximate surface area is 83.5 Å². The van der Waals surface area contributed by atoms with Crippen LogP contribution in [0.4, 0.5) is 4.39 Å². The molecule has 0 amide bonds. The maximum Gasteiger partial charge on any atom is 0.171 e. The van der Waals surface area contributed by atoms with E-state index in [9.17, 15) is 9.18 Å². The van der Waals surface area contributed by atoms with E-state index in [-0.39, 0.29) is 18.4 Å². The second-order valence-electron chi connectivity index (χ2n) is 3.90. The average molecular weight is 200 g/mol. The van der Waals surface area contributed by atoms with E-state index in [1.807, 2.05) is 6.08 Å². The van der Waals surface area contributed by atoms with Gasteiger partial charge in [0, 0.05) is 12.6 Å². The van der Waals surface area contributed by atoms with Crippen LogP contribution < -0.4 is 11.1 Å². The van der Waals surface area contributed by atoms with Crippen molar-refractivity contribution in [2.24, 2.45) is 5.73 Å². The molecule has 0 aliphatic carbocycles. The summed E-state index contributed by atoms with van der Waals surface area (Å²) < 4.78 is 13.1. The van der Waals surface area contributed by atoms with Crippen LogP contribution in [0.2, 0.25) is 0 Å². The molecule has 1 rings (SSSR count). The van der Waals surface area contributed by atoms with Gasteiger partial charge in [0.2, 0.25) is 0 Å². The van der Waals surface area contributed by atoms with Crippen molar-refractivity contribution in [1.82, 2.24) is 5.32 Å². The largest absolute Gasteiger partial charge is 0.309 e. The van der Waals surface area contributed by atoms with Crippen molar-refractivity contribution >= 4 is 5.78 Å². The molecule has 14 heavy (non-hydrogen) atoms. The van der Waals surface area contributed by atoms with Crippen LogP contribution in [0.15, 0.2) is 12.2 Å². The third-order valence-electron chi connectivity index (χ3n) is 2.37. The van der Waals surface area contributed by atoms with E-state index in [4.69, 9.17) is 5.73 Å². The van der Waals surface area contributed by atoms with Gasteiger partial charge in [-0.15, -0.1) is 0 Å². The van der Waals surface area contributed by atoms with Crippen molar-refractivity contribution in [2.45, 2.75) is 38.0 Å². The molecule has 0 radical (unpaired) electrons. The van der Waals surface area contributed by atoms with Crippen LogP contribution in [-0.2, 0) is 4.79 Å². The van der Waals surface area contributed by atoms with Gasteiger partial charge in [0.1, 0.15) is 0 Å². The highest BCUT2D eigenvalue weighted by Gasteiger charge is 2.30. The molecule has 1 aliphatic heterocycles. The van der Waals surface area contributed by atoms with Gasteiger partial charge < -0.3 is 5.32 Å². The Balaban J connectivity index is 2.26. The highest BCUT2D eigenvalue weighted by atomic mass is 19.1. The standard InChI is InChI=1S/C10H17FN2O/c1-8(14)3-2-4-9-5-6-10(11,12)7-13-9/h2-3,9,13H,4-7,12H2,1H3/b3-2+.